The summed E-state index contributed by atoms with van der Waals surface area (Å²) in [6.45, 7) is 6.50. The van der Waals surface area contributed by atoms with Gasteiger partial charge in [-0.1, -0.05) is 0 Å². The highest BCUT2D eigenvalue weighted by atomic mass is 79.9. The average Bonchev–Trinajstić information content (AvgIpc) is 2.64. The third-order valence-electron chi connectivity index (χ3n) is 3.05. The molecule has 0 aromatic carbocycles. The maximum Gasteiger partial charge on any atom is 0.407 e. The Hall–Kier alpha value is -0.590. The first-order chi connectivity index (χ1) is 9.32. The summed E-state index contributed by atoms with van der Waals surface area (Å²) < 4.78 is 6.40. The predicted molar refractivity (Wildman–Crippen MR) is 85.0 cm³/mol. The number of halogens is 1. The Labute approximate surface area is 132 Å². The van der Waals surface area contributed by atoms with E-state index in [1.807, 2.05) is 20.8 Å². The van der Waals surface area contributed by atoms with Crippen LogP contribution >= 0.6 is 27.3 Å². The van der Waals surface area contributed by atoms with E-state index >= 15 is 0 Å². The molecule has 4 nitrogen and oxygen atoms in total. The molecule has 112 valence electrons. The van der Waals surface area contributed by atoms with Crippen molar-refractivity contribution in [3.63, 3.8) is 0 Å². The van der Waals surface area contributed by atoms with Crippen LogP contribution in [0.15, 0.2) is 15.9 Å². The molecule has 1 aliphatic rings. The molecule has 0 atom stereocenters. The molecule has 1 fully saturated rings. The van der Waals surface area contributed by atoms with Crippen LogP contribution in [0.3, 0.4) is 0 Å². The van der Waals surface area contributed by atoms with Crippen molar-refractivity contribution < 1.29 is 9.53 Å². The molecular weight excluding hydrogens is 340 g/mol. The first kappa shape index (κ1) is 15.8. The van der Waals surface area contributed by atoms with Crippen LogP contribution < -0.4 is 10.6 Å². The summed E-state index contributed by atoms with van der Waals surface area (Å²) in [5, 5.41) is 6.40. The van der Waals surface area contributed by atoms with E-state index in [-0.39, 0.29) is 12.1 Å². The molecule has 0 aliphatic heterocycles. The number of nitrogens with one attached hydrogen (secondary N) is 2. The molecule has 2 rings (SSSR count). The second kappa shape index (κ2) is 6.45. The van der Waals surface area contributed by atoms with E-state index in [1.165, 1.54) is 4.88 Å². The monoisotopic (exact) mass is 360 g/mol. The van der Waals surface area contributed by atoms with Crippen LogP contribution in [0.2, 0.25) is 0 Å². The second-order valence-electron chi connectivity index (χ2n) is 6.10. The van der Waals surface area contributed by atoms with Gasteiger partial charge in [-0.25, -0.2) is 4.79 Å². The zero-order valence-corrected chi connectivity index (χ0v) is 14.4. The Bertz CT molecular complexity index is 464. The SMILES string of the molecule is CC(C)(C)OC(=O)NC1CC(NCc2ccc(Br)s2)C1. The van der Waals surface area contributed by atoms with Crippen molar-refractivity contribution >= 4 is 33.4 Å². The van der Waals surface area contributed by atoms with Gasteiger partial charge in [0.2, 0.25) is 0 Å². The van der Waals surface area contributed by atoms with Crippen molar-refractivity contribution in [1.29, 1.82) is 0 Å². The summed E-state index contributed by atoms with van der Waals surface area (Å²) in [6, 6.07) is 4.90. The molecule has 2 N–H and O–H groups in total. The van der Waals surface area contributed by atoms with Crippen molar-refractivity contribution in [2.24, 2.45) is 0 Å². The van der Waals surface area contributed by atoms with E-state index in [9.17, 15) is 4.79 Å². The quantitative estimate of drug-likeness (QED) is 0.861. The third-order valence-corrected chi connectivity index (χ3v) is 4.68. The average molecular weight is 361 g/mol. The standard InChI is InChI=1S/C14H21BrN2O2S/c1-14(2,3)19-13(18)17-10-6-9(7-10)16-8-11-4-5-12(15)20-11/h4-5,9-10,16H,6-8H2,1-3H3,(H,17,18). The minimum absolute atomic E-state index is 0.234. The Morgan fingerprint density at radius 1 is 1.40 bits per heavy atom. The predicted octanol–water partition coefficient (Wildman–Crippen LogP) is 3.66. The van der Waals surface area contributed by atoms with Crippen molar-refractivity contribution in [2.45, 2.75) is 57.8 Å². The lowest BCUT2D eigenvalue weighted by Gasteiger charge is -2.36. The van der Waals surface area contributed by atoms with Gasteiger partial charge in [-0.3, -0.25) is 0 Å². The topological polar surface area (TPSA) is 50.4 Å². The van der Waals surface area contributed by atoms with E-state index in [4.69, 9.17) is 4.74 Å². The molecule has 1 saturated carbocycles. The van der Waals surface area contributed by atoms with E-state index < -0.39 is 5.60 Å². The summed E-state index contributed by atoms with van der Waals surface area (Å²) in [4.78, 5) is 12.9. The first-order valence-corrected chi connectivity index (χ1v) is 8.40. The highest BCUT2D eigenvalue weighted by Crippen LogP contribution is 2.24. The molecule has 1 aromatic rings. The molecule has 0 unspecified atom stereocenters. The molecule has 20 heavy (non-hydrogen) atoms. The zero-order chi connectivity index (χ0) is 14.8. The third kappa shape index (κ3) is 5.07. The fraction of sp³-hybridized carbons (Fsp3) is 0.643. The number of hydrogen-bond acceptors (Lipinski definition) is 4. The van der Waals surface area contributed by atoms with Gasteiger partial charge >= 0.3 is 6.09 Å². The number of carbonyl (C=O) groups excluding carboxylic acids is 1. The number of alkyl carbamates (subject to hydrolysis) is 1. The number of thiophene rings is 1. The van der Waals surface area contributed by atoms with E-state index in [2.05, 4.69) is 38.7 Å². The number of amides is 1. The number of ether oxygens (including phenoxy) is 1. The van der Waals surface area contributed by atoms with E-state index in [0.29, 0.717) is 6.04 Å². The molecule has 1 heterocycles. The minimum Gasteiger partial charge on any atom is -0.444 e. The zero-order valence-electron chi connectivity index (χ0n) is 12.0. The van der Waals surface area contributed by atoms with Crippen LogP contribution in [0.1, 0.15) is 38.5 Å². The Balaban J connectivity index is 1.61. The molecule has 0 saturated heterocycles. The molecule has 0 bridgehead atoms. The van der Waals surface area contributed by atoms with E-state index in [1.54, 1.807) is 11.3 Å². The van der Waals surface area contributed by atoms with Crippen molar-refractivity contribution in [3.8, 4) is 0 Å². The van der Waals surface area contributed by atoms with Gasteiger partial charge in [-0.15, -0.1) is 11.3 Å². The smallest absolute Gasteiger partial charge is 0.407 e. The molecule has 1 amide bonds. The highest BCUT2D eigenvalue weighted by Gasteiger charge is 2.31. The summed E-state index contributed by atoms with van der Waals surface area (Å²) in [6.07, 6.45) is 1.61. The minimum atomic E-state index is -0.433. The van der Waals surface area contributed by atoms with Crippen LogP contribution in [0.4, 0.5) is 4.79 Å². The van der Waals surface area contributed by atoms with Crippen LogP contribution in [0.5, 0.6) is 0 Å². The van der Waals surface area contributed by atoms with Crippen LogP contribution in [-0.4, -0.2) is 23.8 Å². The van der Waals surface area contributed by atoms with Gasteiger partial charge < -0.3 is 15.4 Å². The molecule has 1 aromatic heterocycles. The molecule has 1 aliphatic carbocycles. The van der Waals surface area contributed by atoms with Crippen LogP contribution in [-0.2, 0) is 11.3 Å². The van der Waals surface area contributed by atoms with Gasteiger partial charge in [0.05, 0.1) is 3.79 Å². The highest BCUT2D eigenvalue weighted by molar-refractivity contribution is 9.11. The van der Waals surface area contributed by atoms with Crippen LogP contribution in [0.25, 0.3) is 0 Å². The molecule has 6 heteroatoms. The molecular formula is C14H21BrN2O2S. The van der Waals surface area contributed by atoms with Gasteiger partial charge in [-0.05, 0) is 61.7 Å². The normalized spacial score (nSPS) is 22.2. The van der Waals surface area contributed by atoms with Crippen molar-refractivity contribution in [2.75, 3.05) is 0 Å². The maximum atomic E-state index is 11.6. The fourth-order valence-corrected chi connectivity index (χ4v) is 3.50. The lowest BCUT2D eigenvalue weighted by atomic mass is 9.87. The fourth-order valence-electron chi connectivity index (χ4n) is 2.07. The van der Waals surface area contributed by atoms with Gasteiger partial charge in [0, 0.05) is 23.5 Å². The molecule has 0 radical (unpaired) electrons. The number of rotatable bonds is 4. The summed E-state index contributed by atoms with van der Waals surface area (Å²) in [5.74, 6) is 0. The van der Waals surface area contributed by atoms with E-state index in [0.717, 1.165) is 23.2 Å². The number of carbonyl (C=O) groups is 1. The van der Waals surface area contributed by atoms with Gasteiger partial charge in [0.25, 0.3) is 0 Å². The Kier molecular flexibility index (Phi) is 5.09. The second-order valence-corrected chi connectivity index (χ2v) is 8.65. The van der Waals surface area contributed by atoms with Gasteiger partial charge in [0.15, 0.2) is 0 Å². The van der Waals surface area contributed by atoms with Crippen molar-refractivity contribution in [3.05, 3.63) is 20.8 Å². The Morgan fingerprint density at radius 2 is 2.10 bits per heavy atom. The van der Waals surface area contributed by atoms with Crippen LogP contribution in [0, 0.1) is 0 Å². The first-order valence-electron chi connectivity index (χ1n) is 6.79. The van der Waals surface area contributed by atoms with Crippen molar-refractivity contribution in [1.82, 2.24) is 10.6 Å². The maximum absolute atomic E-state index is 11.6. The summed E-state index contributed by atoms with van der Waals surface area (Å²) in [5.41, 5.74) is -0.433. The lowest BCUT2D eigenvalue weighted by Crippen LogP contribution is -2.52. The van der Waals surface area contributed by atoms with Gasteiger partial charge in [-0.2, -0.15) is 0 Å². The largest absolute Gasteiger partial charge is 0.444 e. The lowest BCUT2D eigenvalue weighted by molar-refractivity contribution is 0.0465. The number of hydrogen-bond donors (Lipinski definition) is 2. The summed E-state index contributed by atoms with van der Waals surface area (Å²) >= 11 is 5.21. The Morgan fingerprint density at radius 3 is 2.65 bits per heavy atom. The summed E-state index contributed by atoms with van der Waals surface area (Å²) in [7, 11) is 0. The molecule has 0 spiro atoms. The van der Waals surface area contributed by atoms with Gasteiger partial charge in [0.1, 0.15) is 5.60 Å².